The Balaban J connectivity index is 1.54. The van der Waals surface area contributed by atoms with Gasteiger partial charge in [0, 0.05) is 44.0 Å². The van der Waals surface area contributed by atoms with Crippen molar-refractivity contribution in [3.63, 3.8) is 0 Å². The van der Waals surface area contributed by atoms with Crippen LogP contribution in [0.15, 0.2) is 48.5 Å². The van der Waals surface area contributed by atoms with Gasteiger partial charge in [-0.15, -0.1) is 0 Å². The summed E-state index contributed by atoms with van der Waals surface area (Å²) in [5.74, 6) is 0.204. The minimum Gasteiger partial charge on any atom is -0.508 e. The molecule has 2 aromatic carbocycles. The number of carbonyl (C=O) groups excluding carboxylic acids is 1. The fraction of sp³-hybridized carbons (Fsp3) is 0.278. The van der Waals surface area contributed by atoms with Crippen molar-refractivity contribution >= 4 is 22.5 Å². The molecular weight excluding hydrogens is 354 g/mol. The van der Waals surface area contributed by atoms with Crippen LogP contribution in [0.25, 0.3) is 0 Å². The molecule has 2 N–H and O–H groups in total. The number of carbonyl (C=O) groups is 1. The van der Waals surface area contributed by atoms with Gasteiger partial charge < -0.3 is 10.0 Å². The van der Waals surface area contributed by atoms with E-state index in [0.717, 1.165) is 25.2 Å². The number of phenols is 1. The summed E-state index contributed by atoms with van der Waals surface area (Å²) in [6.07, 6.45) is 0. The summed E-state index contributed by atoms with van der Waals surface area (Å²) in [5.41, 5.74) is 2.02. The lowest BCUT2D eigenvalue weighted by molar-refractivity contribution is 0.0628. The molecule has 1 heterocycles. The average Bonchev–Trinajstić information content (AvgIpc) is 2.62. The second kappa shape index (κ2) is 8.20. The van der Waals surface area contributed by atoms with Crippen molar-refractivity contribution in [1.29, 1.82) is 0 Å². The molecule has 0 aliphatic carbocycles. The van der Waals surface area contributed by atoms with Gasteiger partial charge in [-0.3, -0.25) is 14.4 Å². The first-order chi connectivity index (χ1) is 12.5. The van der Waals surface area contributed by atoms with Crippen molar-refractivity contribution < 1.29 is 18.3 Å². The number of thiol groups is 1. The first kappa shape index (κ1) is 18.2. The summed E-state index contributed by atoms with van der Waals surface area (Å²) in [4.78, 5) is 16.6. The molecule has 0 radical (unpaired) electrons. The van der Waals surface area contributed by atoms with E-state index in [1.54, 1.807) is 41.3 Å². The number of phenolic OH excluding ortho intramolecular Hbond substituents is 1. The maximum absolute atomic E-state index is 12.6. The van der Waals surface area contributed by atoms with Gasteiger partial charge in [-0.1, -0.05) is 12.1 Å². The molecule has 1 aliphatic rings. The molecule has 0 saturated carbocycles. The fourth-order valence-electron chi connectivity index (χ4n) is 3.00. The highest BCUT2D eigenvalue weighted by molar-refractivity contribution is 7.73. The number of rotatable bonds is 5. The molecule has 7 nitrogen and oxygen atoms in total. The monoisotopic (exact) mass is 375 g/mol. The van der Waals surface area contributed by atoms with E-state index in [4.69, 9.17) is 0 Å². The van der Waals surface area contributed by atoms with Gasteiger partial charge >= 0.3 is 0 Å². The molecule has 8 heteroatoms. The Morgan fingerprint density at radius 1 is 1.04 bits per heavy atom. The van der Waals surface area contributed by atoms with E-state index in [0.29, 0.717) is 24.3 Å². The third-order valence-corrected chi connectivity index (χ3v) is 4.77. The molecule has 138 valence electrons. The van der Waals surface area contributed by atoms with Crippen LogP contribution >= 0.6 is 0 Å². The number of nitrogens with zero attached hydrogens (tertiary/aromatic N) is 2. The second-order valence-electron chi connectivity index (χ2n) is 6.18. The number of hydrogen-bond acceptors (Lipinski definition) is 5. The maximum Gasteiger partial charge on any atom is 0.253 e. The number of aromatic hydroxyl groups is 1. The maximum atomic E-state index is 12.6. The van der Waals surface area contributed by atoms with Crippen LogP contribution in [0.2, 0.25) is 0 Å². The van der Waals surface area contributed by atoms with Crippen LogP contribution in [-0.4, -0.2) is 55.4 Å². The molecular formula is C18H21N3O4S. The summed E-state index contributed by atoms with van der Waals surface area (Å²) < 4.78 is 23.6. The van der Waals surface area contributed by atoms with Crippen molar-refractivity contribution in [3.8, 4) is 5.75 Å². The highest BCUT2D eigenvalue weighted by atomic mass is 32.2. The van der Waals surface area contributed by atoms with Crippen molar-refractivity contribution in [3.05, 3.63) is 59.7 Å². The van der Waals surface area contributed by atoms with E-state index in [-0.39, 0.29) is 11.7 Å². The zero-order chi connectivity index (χ0) is 18.5. The molecule has 1 aliphatic heterocycles. The molecule has 0 aromatic heterocycles. The first-order valence-electron chi connectivity index (χ1n) is 8.32. The van der Waals surface area contributed by atoms with Crippen LogP contribution in [0.5, 0.6) is 5.75 Å². The highest BCUT2D eigenvalue weighted by Crippen LogP contribution is 2.16. The molecule has 1 fully saturated rings. The molecule has 26 heavy (non-hydrogen) atoms. The van der Waals surface area contributed by atoms with Crippen molar-refractivity contribution in [1.82, 2.24) is 9.80 Å². The normalized spacial score (nSPS) is 15.2. The minimum absolute atomic E-state index is 0.0555. The summed E-state index contributed by atoms with van der Waals surface area (Å²) in [6, 6.07) is 13.6. The Bertz CT molecular complexity index is 836. The van der Waals surface area contributed by atoms with Gasteiger partial charge in [0.05, 0.1) is 0 Å². The largest absolute Gasteiger partial charge is 0.508 e. The zero-order valence-corrected chi connectivity index (χ0v) is 15.1. The van der Waals surface area contributed by atoms with Crippen LogP contribution in [0.1, 0.15) is 15.9 Å². The molecule has 0 spiro atoms. The number of benzene rings is 2. The van der Waals surface area contributed by atoms with Gasteiger partial charge in [0.25, 0.3) is 5.91 Å². The van der Waals surface area contributed by atoms with Crippen molar-refractivity contribution in [2.24, 2.45) is 0 Å². The minimum atomic E-state index is -2.71. The molecule has 0 unspecified atom stereocenters. The Morgan fingerprint density at radius 3 is 2.35 bits per heavy atom. The van der Waals surface area contributed by atoms with Crippen LogP contribution < -0.4 is 4.72 Å². The first-order valence-corrected chi connectivity index (χ1v) is 9.50. The fourth-order valence-corrected chi connectivity index (χ4v) is 3.36. The second-order valence-corrected chi connectivity index (χ2v) is 6.92. The van der Waals surface area contributed by atoms with Crippen molar-refractivity contribution in [2.45, 2.75) is 6.54 Å². The van der Waals surface area contributed by atoms with Gasteiger partial charge in [0.2, 0.25) is 10.9 Å². The predicted molar refractivity (Wildman–Crippen MR) is 99.7 cm³/mol. The van der Waals surface area contributed by atoms with E-state index in [2.05, 4.69) is 9.62 Å². The lowest BCUT2D eigenvalue weighted by Gasteiger charge is -2.34. The summed E-state index contributed by atoms with van der Waals surface area (Å²) in [5, 5.41) is 9.54. The number of anilines is 1. The van der Waals surface area contributed by atoms with Gasteiger partial charge in [-0.25, -0.2) is 8.42 Å². The van der Waals surface area contributed by atoms with Crippen LogP contribution in [0.3, 0.4) is 0 Å². The van der Waals surface area contributed by atoms with E-state index < -0.39 is 10.9 Å². The van der Waals surface area contributed by atoms with E-state index in [1.807, 2.05) is 12.1 Å². The number of hydrogen-bond donors (Lipinski definition) is 3. The van der Waals surface area contributed by atoms with E-state index >= 15 is 0 Å². The summed E-state index contributed by atoms with van der Waals surface area (Å²) in [7, 11) is -2.71. The van der Waals surface area contributed by atoms with Gasteiger partial charge in [-0.2, -0.15) is 0 Å². The van der Waals surface area contributed by atoms with Crippen LogP contribution in [0.4, 0.5) is 5.69 Å². The zero-order valence-electron chi connectivity index (χ0n) is 14.2. The predicted octanol–water partition coefficient (Wildman–Crippen LogP) is 1.29. The molecule has 1 amide bonds. The molecule has 3 rings (SSSR count). The smallest absolute Gasteiger partial charge is 0.253 e. The van der Waals surface area contributed by atoms with E-state index in [9.17, 15) is 18.3 Å². The standard InChI is InChI=1S/C18H21N3O4S/c22-17-3-1-2-14(12-17)13-20-8-10-21(11-9-20)18(23)15-4-6-16(7-5-15)19-26(24)25/h1-7,12,22,26H,8-11,13H2,(H,19,24,25). The number of nitrogens with one attached hydrogen (secondary N) is 1. The third kappa shape index (κ3) is 4.74. The molecule has 2 aromatic rings. The number of amides is 1. The Labute approximate surface area is 153 Å². The number of piperazine rings is 1. The Kier molecular flexibility index (Phi) is 5.75. The summed E-state index contributed by atoms with van der Waals surface area (Å²) >= 11 is 0. The lowest BCUT2D eigenvalue weighted by atomic mass is 10.1. The quantitative estimate of drug-likeness (QED) is 0.685. The average molecular weight is 375 g/mol. The van der Waals surface area contributed by atoms with Gasteiger partial charge in [0.1, 0.15) is 5.75 Å². The third-order valence-electron chi connectivity index (χ3n) is 4.33. The van der Waals surface area contributed by atoms with Gasteiger partial charge in [0.15, 0.2) is 0 Å². The highest BCUT2D eigenvalue weighted by Gasteiger charge is 2.22. The van der Waals surface area contributed by atoms with Crippen molar-refractivity contribution in [2.75, 3.05) is 30.9 Å². The lowest BCUT2D eigenvalue weighted by Crippen LogP contribution is -2.48. The SMILES string of the molecule is O=C(c1ccc(N[SH](=O)=O)cc1)N1CCN(Cc2cccc(O)c2)CC1. The van der Waals surface area contributed by atoms with Crippen LogP contribution in [0, 0.1) is 0 Å². The topological polar surface area (TPSA) is 90.0 Å². The molecule has 0 atom stereocenters. The van der Waals surface area contributed by atoms with E-state index in [1.165, 1.54) is 0 Å². The Morgan fingerprint density at radius 2 is 1.73 bits per heavy atom. The molecule has 0 bridgehead atoms. The summed E-state index contributed by atoms with van der Waals surface area (Å²) in [6.45, 7) is 3.52. The van der Waals surface area contributed by atoms with Crippen LogP contribution in [-0.2, 0) is 17.4 Å². The molecule has 1 saturated heterocycles. The van der Waals surface area contributed by atoms with Gasteiger partial charge in [-0.05, 0) is 42.0 Å². The Hall–Kier alpha value is -2.58.